The molecule has 2 N–H and O–H groups in total. The molecule has 7 nitrogen and oxygen atoms in total. The van der Waals surface area contributed by atoms with Crippen molar-refractivity contribution in [1.29, 1.82) is 0 Å². The van der Waals surface area contributed by atoms with Crippen molar-refractivity contribution in [1.82, 2.24) is 10.5 Å². The zero-order valence-corrected chi connectivity index (χ0v) is 15.8. The summed E-state index contributed by atoms with van der Waals surface area (Å²) in [6.45, 7) is 2.18. The normalized spacial score (nSPS) is 13.1. The maximum Gasteiger partial charge on any atom is 0.274 e. The largest absolute Gasteiger partial charge is 0.482 e. The molecule has 2 aromatic carbocycles. The summed E-state index contributed by atoms with van der Waals surface area (Å²) in [6, 6.07) is 14.6. The minimum absolute atomic E-state index is 0.0675. The highest BCUT2D eigenvalue weighted by Crippen LogP contribution is 2.36. The van der Waals surface area contributed by atoms with E-state index in [4.69, 9.17) is 9.94 Å². The number of thiazole rings is 1. The number of aromatic nitrogens is 1. The lowest BCUT2D eigenvalue weighted by Gasteiger charge is -2.29. The Labute approximate surface area is 165 Å². The predicted molar refractivity (Wildman–Crippen MR) is 105 cm³/mol. The monoisotopic (exact) mass is 395 g/mol. The minimum atomic E-state index is -0.652. The van der Waals surface area contributed by atoms with Gasteiger partial charge < -0.3 is 9.64 Å². The number of rotatable bonds is 4. The number of hydroxylamine groups is 1. The van der Waals surface area contributed by atoms with Crippen LogP contribution in [0.25, 0.3) is 10.6 Å². The summed E-state index contributed by atoms with van der Waals surface area (Å²) in [6.07, 6.45) is 0. The van der Waals surface area contributed by atoms with Crippen molar-refractivity contribution in [3.8, 4) is 16.3 Å². The maximum atomic E-state index is 12.5. The zero-order chi connectivity index (χ0) is 19.7. The van der Waals surface area contributed by atoms with Crippen LogP contribution in [0.2, 0.25) is 0 Å². The number of nitrogens with one attached hydrogen (secondary N) is 1. The molecule has 0 unspecified atom stereocenters. The average molecular weight is 395 g/mol. The molecule has 3 aromatic rings. The van der Waals surface area contributed by atoms with Gasteiger partial charge in [0, 0.05) is 16.0 Å². The van der Waals surface area contributed by atoms with Gasteiger partial charge in [-0.3, -0.25) is 14.8 Å². The van der Waals surface area contributed by atoms with Crippen LogP contribution < -0.4 is 15.1 Å². The number of nitrogens with zero attached hydrogens (tertiary/aromatic N) is 2. The quantitative estimate of drug-likeness (QED) is 0.523. The number of hydrogen-bond donors (Lipinski definition) is 2. The second kappa shape index (κ2) is 7.41. The van der Waals surface area contributed by atoms with Crippen LogP contribution in [-0.2, 0) is 11.3 Å². The Morgan fingerprint density at radius 2 is 2.07 bits per heavy atom. The zero-order valence-electron chi connectivity index (χ0n) is 15.0. The molecular formula is C20H17N3O4S. The predicted octanol–water partition coefficient (Wildman–Crippen LogP) is 3.16. The van der Waals surface area contributed by atoms with Crippen LogP contribution in [0, 0.1) is 6.92 Å². The number of carbonyl (C=O) groups is 2. The van der Waals surface area contributed by atoms with Gasteiger partial charge >= 0.3 is 0 Å². The summed E-state index contributed by atoms with van der Waals surface area (Å²) in [5.41, 5.74) is 4.21. The third-order valence-electron chi connectivity index (χ3n) is 4.48. The van der Waals surface area contributed by atoms with E-state index >= 15 is 0 Å². The molecule has 0 saturated carbocycles. The number of ether oxygens (including phenoxy) is 1. The third-order valence-corrected chi connectivity index (χ3v) is 5.67. The molecule has 0 radical (unpaired) electrons. The van der Waals surface area contributed by atoms with Gasteiger partial charge in [0.2, 0.25) is 0 Å². The fourth-order valence-corrected chi connectivity index (χ4v) is 4.06. The van der Waals surface area contributed by atoms with Gasteiger partial charge in [0.25, 0.3) is 11.8 Å². The van der Waals surface area contributed by atoms with E-state index in [2.05, 4.69) is 4.98 Å². The Morgan fingerprint density at radius 3 is 2.82 bits per heavy atom. The molecule has 2 amide bonds. The molecule has 142 valence electrons. The second-order valence-electron chi connectivity index (χ2n) is 6.29. The van der Waals surface area contributed by atoms with Gasteiger partial charge in [-0.05, 0) is 25.1 Å². The number of fused-ring (bicyclic) bond motifs is 1. The number of aryl methyl sites for hydroxylation is 1. The van der Waals surface area contributed by atoms with E-state index in [0.29, 0.717) is 18.0 Å². The third kappa shape index (κ3) is 3.35. The molecule has 0 bridgehead atoms. The Kier molecular flexibility index (Phi) is 4.81. The van der Waals surface area contributed by atoms with Crippen LogP contribution >= 0.6 is 11.3 Å². The molecule has 0 saturated heterocycles. The number of amides is 2. The number of carbonyl (C=O) groups excluding carboxylic acids is 2. The van der Waals surface area contributed by atoms with Crippen molar-refractivity contribution in [3.05, 3.63) is 64.7 Å². The second-order valence-corrected chi connectivity index (χ2v) is 7.37. The van der Waals surface area contributed by atoms with Crippen LogP contribution in [0.1, 0.15) is 20.9 Å². The molecule has 4 rings (SSSR count). The Balaban J connectivity index is 1.68. The first-order valence-electron chi connectivity index (χ1n) is 8.60. The van der Waals surface area contributed by atoms with Gasteiger partial charge in [-0.15, -0.1) is 11.3 Å². The summed E-state index contributed by atoms with van der Waals surface area (Å²) >= 11 is 1.53. The van der Waals surface area contributed by atoms with Crippen LogP contribution in [-0.4, -0.2) is 28.6 Å². The molecule has 0 spiro atoms. The summed E-state index contributed by atoms with van der Waals surface area (Å²) in [4.78, 5) is 31.5. The number of anilines is 1. The molecule has 8 heteroatoms. The highest BCUT2D eigenvalue weighted by Gasteiger charge is 2.28. The van der Waals surface area contributed by atoms with E-state index < -0.39 is 5.91 Å². The molecule has 1 aromatic heterocycles. The van der Waals surface area contributed by atoms with Crippen LogP contribution in [0.5, 0.6) is 5.75 Å². The number of benzene rings is 2. The first-order chi connectivity index (χ1) is 13.6. The molecule has 0 aliphatic carbocycles. The molecular weight excluding hydrogens is 378 g/mol. The fourth-order valence-electron chi connectivity index (χ4n) is 3.00. The van der Waals surface area contributed by atoms with E-state index in [1.165, 1.54) is 23.5 Å². The Morgan fingerprint density at radius 1 is 1.29 bits per heavy atom. The van der Waals surface area contributed by atoms with Crippen molar-refractivity contribution in [2.24, 2.45) is 0 Å². The van der Waals surface area contributed by atoms with Crippen LogP contribution in [0.4, 0.5) is 5.69 Å². The van der Waals surface area contributed by atoms with E-state index in [0.717, 1.165) is 21.1 Å². The summed E-state index contributed by atoms with van der Waals surface area (Å²) in [7, 11) is 0. The summed E-state index contributed by atoms with van der Waals surface area (Å²) < 4.78 is 5.48. The van der Waals surface area contributed by atoms with E-state index in [1.54, 1.807) is 16.4 Å². The van der Waals surface area contributed by atoms with E-state index in [9.17, 15) is 9.59 Å². The van der Waals surface area contributed by atoms with Crippen molar-refractivity contribution in [3.63, 3.8) is 0 Å². The summed E-state index contributed by atoms with van der Waals surface area (Å²) in [5.74, 6) is -0.344. The van der Waals surface area contributed by atoms with Gasteiger partial charge in [-0.1, -0.05) is 30.3 Å². The smallest absolute Gasteiger partial charge is 0.274 e. The van der Waals surface area contributed by atoms with E-state index in [1.807, 2.05) is 37.3 Å². The van der Waals surface area contributed by atoms with E-state index in [-0.39, 0.29) is 18.1 Å². The number of hydrogen-bond acceptors (Lipinski definition) is 6. The standard InChI is InChI=1S/C20H17N3O4S/c1-12-17(28-20(21-12)13-5-3-2-4-6-13)10-23-15-9-14(19(25)22-26)7-8-16(15)27-11-18(23)24/h2-9,26H,10-11H2,1H3,(H,22,25). The lowest BCUT2D eigenvalue weighted by Crippen LogP contribution is -2.38. The lowest BCUT2D eigenvalue weighted by molar-refractivity contribution is -0.121. The van der Waals surface area contributed by atoms with Gasteiger partial charge in [-0.25, -0.2) is 10.5 Å². The van der Waals surface area contributed by atoms with Crippen LogP contribution in [0.3, 0.4) is 0 Å². The average Bonchev–Trinajstić information content (AvgIpc) is 3.10. The maximum absolute atomic E-state index is 12.5. The van der Waals surface area contributed by atoms with Crippen molar-refractivity contribution >= 4 is 28.8 Å². The molecule has 1 aliphatic heterocycles. The van der Waals surface area contributed by atoms with Crippen molar-refractivity contribution in [2.45, 2.75) is 13.5 Å². The van der Waals surface area contributed by atoms with Crippen LogP contribution in [0.15, 0.2) is 48.5 Å². The first-order valence-corrected chi connectivity index (χ1v) is 9.42. The fraction of sp³-hybridized carbons (Fsp3) is 0.150. The Hall–Kier alpha value is -3.23. The van der Waals surface area contributed by atoms with Gasteiger partial charge in [0.1, 0.15) is 10.8 Å². The Bertz CT molecular complexity index is 1050. The van der Waals surface area contributed by atoms with Gasteiger partial charge in [0.15, 0.2) is 6.61 Å². The molecule has 1 aliphatic rings. The van der Waals surface area contributed by atoms with Gasteiger partial charge in [-0.2, -0.15) is 0 Å². The lowest BCUT2D eigenvalue weighted by atomic mass is 10.1. The minimum Gasteiger partial charge on any atom is -0.482 e. The topological polar surface area (TPSA) is 91.8 Å². The summed E-state index contributed by atoms with van der Waals surface area (Å²) in [5, 5.41) is 9.77. The molecule has 0 fully saturated rings. The highest BCUT2D eigenvalue weighted by molar-refractivity contribution is 7.15. The molecule has 28 heavy (non-hydrogen) atoms. The first kappa shape index (κ1) is 18.1. The van der Waals surface area contributed by atoms with Gasteiger partial charge in [0.05, 0.1) is 17.9 Å². The van der Waals surface area contributed by atoms with Crippen molar-refractivity contribution in [2.75, 3.05) is 11.5 Å². The highest BCUT2D eigenvalue weighted by atomic mass is 32.1. The SMILES string of the molecule is Cc1nc(-c2ccccc2)sc1CN1C(=O)COc2ccc(C(=O)NO)cc21. The molecule has 2 heterocycles. The molecule has 0 atom stereocenters. The van der Waals surface area contributed by atoms with Crippen molar-refractivity contribution < 1.29 is 19.5 Å².